The van der Waals surface area contributed by atoms with Crippen molar-refractivity contribution >= 4 is 34.8 Å². The Morgan fingerprint density at radius 3 is 2.65 bits per heavy atom. The Kier molecular flexibility index (Phi) is 4.62. The summed E-state index contributed by atoms with van der Waals surface area (Å²) in [4.78, 5) is 12.4. The van der Waals surface area contributed by atoms with Crippen molar-refractivity contribution in [2.24, 2.45) is 0 Å². The fourth-order valence-electron chi connectivity index (χ4n) is 1.75. The second-order valence-corrected chi connectivity index (χ2v) is 5.38. The summed E-state index contributed by atoms with van der Waals surface area (Å²) in [5.41, 5.74) is 1.69. The van der Waals surface area contributed by atoms with E-state index in [4.69, 9.17) is 27.6 Å². The molecule has 20 heavy (non-hydrogen) atoms. The Morgan fingerprint density at radius 2 is 2.10 bits per heavy atom. The molecule has 0 saturated carbocycles. The number of alkyl halides is 2. The van der Waals surface area contributed by atoms with Crippen LogP contribution in [0.1, 0.15) is 17.3 Å². The number of aromatic nitrogens is 2. The van der Waals surface area contributed by atoms with Gasteiger partial charge in [-0.25, -0.2) is 0 Å². The first-order valence-electron chi connectivity index (χ1n) is 5.92. The van der Waals surface area contributed by atoms with Crippen LogP contribution < -0.4 is 4.90 Å². The van der Waals surface area contributed by atoms with E-state index in [1.54, 1.807) is 13.0 Å². The Balaban J connectivity index is 2.32. The zero-order chi connectivity index (χ0) is 14.7. The van der Waals surface area contributed by atoms with E-state index in [-0.39, 0.29) is 6.54 Å². The van der Waals surface area contributed by atoms with Gasteiger partial charge in [-0.3, -0.25) is 4.79 Å². The van der Waals surface area contributed by atoms with Crippen LogP contribution in [0, 0.1) is 13.8 Å². The van der Waals surface area contributed by atoms with Gasteiger partial charge in [-0.1, -0.05) is 35.3 Å². The Morgan fingerprint density at radius 1 is 1.35 bits per heavy atom. The van der Waals surface area contributed by atoms with E-state index in [1.807, 2.05) is 25.1 Å². The van der Waals surface area contributed by atoms with Crippen molar-refractivity contribution in [3.63, 3.8) is 0 Å². The van der Waals surface area contributed by atoms with Crippen molar-refractivity contribution in [2.75, 3.05) is 4.90 Å². The normalized spacial score (nSPS) is 10.8. The molecule has 0 radical (unpaired) electrons. The van der Waals surface area contributed by atoms with Gasteiger partial charge in [0, 0.05) is 12.6 Å². The van der Waals surface area contributed by atoms with Gasteiger partial charge in [0.05, 0.1) is 0 Å². The fraction of sp³-hybridized carbons (Fsp3) is 0.308. The summed E-state index contributed by atoms with van der Waals surface area (Å²) < 4.78 is 5.29. The molecular formula is C13H13Cl2N3O2. The minimum atomic E-state index is -1.15. The first-order valence-corrected chi connectivity index (χ1v) is 6.80. The number of aryl methyl sites for hydroxylation is 2. The molecule has 0 aliphatic rings. The number of halogens is 2. The lowest BCUT2D eigenvalue weighted by atomic mass is 10.2. The number of carbonyl (C=O) groups excluding carboxylic acids is 1. The van der Waals surface area contributed by atoms with Crippen LogP contribution in [0.2, 0.25) is 0 Å². The van der Waals surface area contributed by atoms with Crippen LogP contribution in [-0.2, 0) is 11.3 Å². The molecule has 0 bridgehead atoms. The SMILES string of the molecule is Cc1cccc(N(Cc2nnc(C)o2)C(=O)C(Cl)Cl)c1. The van der Waals surface area contributed by atoms with E-state index in [0.29, 0.717) is 17.5 Å². The smallest absolute Gasteiger partial charge is 0.260 e. The number of benzene rings is 1. The predicted octanol–water partition coefficient (Wildman–Crippen LogP) is 3.02. The maximum atomic E-state index is 12.1. The van der Waals surface area contributed by atoms with E-state index in [0.717, 1.165) is 5.56 Å². The zero-order valence-corrected chi connectivity index (χ0v) is 12.5. The highest BCUT2D eigenvalue weighted by molar-refractivity contribution is 6.54. The molecule has 1 amide bonds. The van der Waals surface area contributed by atoms with Crippen molar-refractivity contribution in [1.29, 1.82) is 0 Å². The molecule has 0 saturated heterocycles. The summed E-state index contributed by atoms with van der Waals surface area (Å²) in [5, 5.41) is 7.61. The first kappa shape index (κ1) is 14.8. The molecule has 0 N–H and O–H groups in total. The van der Waals surface area contributed by atoms with Crippen molar-refractivity contribution in [2.45, 2.75) is 25.2 Å². The average Bonchev–Trinajstić information content (AvgIpc) is 2.80. The summed E-state index contributed by atoms with van der Waals surface area (Å²) in [7, 11) is 0. The molecule has 0 unspecified atom stereocenters. The Labute approximate surface area is 126 Å². The van der Waals surface area contributed by atoms with Crippen LogP contribution in [0.15, 0.2) is 28.7 Å². The zero-order valence-electron chi connectivity index (χ0n) is 11.0. The maximum absolute atomic E-state index is 12.1. The van der Waals surface area contributed by atoms with Crippen LogP contribution in [0.4, 0.5) is 5.69 Å². The molecule has 1 aromatic carbocycles. The highest BCUT2D eigenvalue weighted by atomic mass is 35.5. The van der Waals surface area contributed by atoms with Gasteiger partial charge >= 0.3 is 0 Å². The highest BCUT2D eigenvalue weighted by Gasteiger charge is 2.24. The molecule has 0 aliphatic heterocycles. The van der Waals surface area contributed by atoms with E-state index < -0.39 is 10.7 Å². The van der Waals surface area contributed by atoms with Gasteiger partial charge in [0.2, 0.25) is 11.8 Å². The van der Waals surface area contributed by atoms with Gasteiger partial charge in [0.1, 0.15) is 6.54 Å². The lowest BCUT2D eigenvalue weighted by Gasteiger charge is -2.22. The summed E-state index contributed by atoms with van der Waals surface area (Å²) in [6.45, 7) is 3.74. The van der Waals surface area contributed by atoms with E-state index in [9.17, 15) is 4.79 Å². The third kappa shape index (κ3) is 3.49. The summed E-state index contributed by atoms with van der Waals surface area (Å²) in [5.74, 6) is 0.325. The number of amides is 1. The van der Waals surface area contributed by atoms with Gasteiger partial charge in [0.25, 0.3) is 5.91 Å². The van der Waals surface area contributed by atoms with Gasteiger partial charge in [0.15, 0.2) is 4.84 Å². The van der Waals surface area contributed by atoms with Gasteiger partial charge in [-0.05, 0) is 24.6 Å². The summed E-state index contributed by atoms with van der Waals surface area (Å²) in [6, 6.07) is 7.44. The minimum absolute atomic E-state index is 0.124. The van der Waals surface area contributed by atoms with E-state index in [1.165, 1.54) is 4.90 Å². The van der Waals surface area contributed by atoms with Crippen molar-refractivity contribution in [1.82, 2.24) is 10.2 Å². The molecule has 0 spiro atoms. The quantitative estimate of drug-likeness (QED) is 0.814. The number of hydrogen-bond donors (Lipinski definition) is 0. The lowest BCUT2D eigenvalue weighted by Crippen LogP contribution is -2.34. The first-order chi connectivity index (χ1) is 9.47. The molecule has 7 heteroatoms. The molecule has 0 fully saturated rings. The van der Waals surface area contributed by atoms with Gasteiger partial charge in [-0.2, -0.15) is 0 Å². The average molecular weight is 314 g/mol. The second kappa shape index (κ2) is 6.24. The van der Waals surface area contributed by atoms with Gasteiger partial charge in [-0.15, -0.1) is 10.2 Å². The van der Waals surface area contributed by atoms with Crippen molar-refractivity contribution in [3.05, 3.63) is 41.6 Å². The van der Waals surface area contributed by atoms with Crippen LogP contribution in [0.25, 0.3) is 0 Å². The Hall–Kier alpha value is -1.59. The molecule has 106 valence electrons. The third-order valence-corrected chi connectivity index (χ3v) is 3.00. The molecular weight excluding hydrogens is 301 g/mol. The largest absolute Gasteiger partial charge is 0.424 e. The maximum Gasteiger partial charge on any atom is 0.260 e. The number of hydrogen-bond acceptors (Lipinski definition) is 4. The van der Waals surface area contributed by atoms with Crippen molar-refractivity contribution < 1.29 is 9.21 Å². The Bertz CT molecular complexity index is 613. The third-order valence-electron chi connectivity index (χ3n) is 2.63. The van der Waals surface area contributed by atoms with Crippen LogP contribution in [-0.4, -0.2) is 20.9 Å². The molecule has 1 heterocycles. The molecule has 0 aliphatic carbocycles. The number of carbonyl (C=O) groups is 1. The fourth-order valence-corrected chi connectivity index (χ4v) is 1.98. The predicted molar refractivity (Wildman–Crippen MR) is 76.9 cm³/mol. The molecule has 0 atom stereocenters. The minimum Gasteiger partial charge on any atom is -0.424 e. The molecule has 2 rings (SSSR count). The van der Waals surface area contributed by atoms with Crippen LogP contribution >= 0.6 is 23.2 Å². The van der Waals surface area contributed by atoms with Crippen molar-refractivity contribution in [3.8, 4) is 0 Å². The molecule has 2 aromatic rings. The number of rotatable bonds is 4. The molecule has 1 aromatic heterocycles. The van der Waals surface area contributed by atoms with Crippen LogP contribution in [0.3, 0.4) is 0 Å². The highest BCUT2D eigenvalue weighted by Crippen LogP contribution is 2.21. The van der Waals surface area contributed by atoms with Crippen LogP contribution in [0.5, 0.6) is 0 Å². The van der Waals surface area contributed by atoms with E-state index in [2.05, 4.69) is 10.2 Å². The number of anilines is 1. The molecule has 5 nitrogen and oxygen atoms in total. The summed E-state index contributed by atoms with van der Waals surface area (Å²) >= 11 is 11.4. The standard InChI is InChI=1S/C13H13Cl2N3O2/c1-8-4-3-5-10(6-8)18(13(19)12(14)15)7-11-17-16-9(2)20-11/h3-6,12H,7H2,1-2H3. The van der Waals surface area contributed by atoms with Gasteiger partial charge < -0.3 is 9.32 Å². The summed E-state index contributed by atoms with van der Waals surface area (Å²) in [6.07, 6.45) is 0. The number of nitrogens with zero attached hydrogens (tertiary/aromatic N) is 3. The monoisotopic (exact) mass is 313 g/mol. The second-order valence-electron chi connectivity index (χ2n) is 4.28. The topological polar surface area (TPSA) is 59.2 Å². The van der Waals surface area contributed by atoms with E-state index >= 15 is 0 Å². The lowest BCUT2D eigenvalue weighted by molar-refractivity contribution is -0.117.